The molecule has 1 amide bonds. The van der Waals surface area contributed by atoms with Gasteiger partial charge in [-0.3, -0.25) is 9.59 Å². The third kappa shape index (κ3) is 3.38. The van der Waals surface area contributed by atoms with Crippen LogP contribution in [0.1, 0.15) is 25.8 Å². The smallest absolute Gasteiger partial charge is 0.305 e. The number of aromatic amines is 1. The van der Waals surface area contributed by atoms with E-state index >= 15 is 0 Å². The van der Waals surface area contributed by atoms with Crippen molar-refractivity contribution in [3.05, 3.63) is 36.0 Å². The number of carboxylic acid groups (broad SMARTS) is 1. The maximum absolute atomic E-state index is 12.0. The van der Waals surface area contributed by atoms with Crippen molar-refractivity contribution in [1.82, 2.24) is 10.3 Å². The van der Waals surface area contributed by atoms with Gasteiger partial charge in [-0.25, -0.2) is 0 Å². The van der Waals surface area contributed by atoms with Crippen LogP contribution in [-0.4, -0.2) is 27.5 Å². The highest BCUT2D eigenvalue weighted by Crippen LogP contribution is 2.18. The first kappa shape index (κ1) is 14.1. The van der Waals surface area contributed by atoms with Gasteiger partial charge >= 0.3 is 5.97 Å². The normalized spacial score (nSPS) is 11.5. The van der Waals surface area contributed by atoms with Crippen LogP contribution in [0, 0.1) is 0 Å². The van der Waals surface area contributed by atoms with Gasteiger partial charge in [-0.15, -0.1) is 0 Å². The number of nitrogens with one attached hydrogen (secondary N) is 2. The molecule has 0 aliphatic carbocycles. The molecule has 0 spiro atoms. The molecule has 2 aromatic rings. The molecule has 0 radical (unpaired) electrons. The quantitative estimate of drug-likeness (QED) is 0.780. The van der Waals surface area contributed by atoms with E-state index in [2.05, 4.69) is 10.3 Å². The lowest BCUT2D eigenvalue weighted by atomic mass is 10.00. The molecule has 106 valence electrons. The van der Waals surface area contributed by atoms with E-state index in [1.807, 2.05) is 30.5 Å². The summed E-state index contributed by atoms with van der Waals surface area (Å²) in [6, 6.07) is 7.76. The van der Waals surface area contributed by atoms with Gasteiger partial charge in [0.1, 0.15) is 0 Å². The first-order valence-electron chi connectivity index (χ1n) is 6.45. The fraction of sp³-hybridized carbons (Fsp3) is 0.333. The van der Waals surface area contributed by atoms with E-state index in [0.29, 0.717) is 0 Å². The average Bonchev–Trinajstić information content (AvgIpc) is 2.70. The molecular formula is C15H18N2O3. The Hall–Kier alpha value is -2.30. The van der Waals surface area contributed by atoms with Crippen molar-refractivity contribution >= 4 is 22.8 Å². The Morgan fingerprint density at radius 2 is 2.00 bits per heavy atom. The third-order valence-corrected chi connectivity index (χ3v) is 3.10. The summed E-state index contributed by atoms with van der Waals surface area (Å²) in [5.74, 6) is -1.11. The molecule has 1 aromatic heterocycles. The summed E-state index contributed by atoms with van der Waals surface area (Å²) in [6.45, 7) is 3.41. The van der Waals surface area contributed by atoms with Crippen LogP contribution in [0.4, 0.5) is 0 Å². The molecule has 2 rings (SSSR count). The SMILES string of the molecule is CC(C)(CC(=O)O)NC(=O)Cc1c[nH]c2ccccc12. The lowest BCUT2D eigenvalue weighted by Crippen LogP contribution is -2.45. The number of benzene rings is 1. The number of rotatable bonds is 5. The van der Waals surface area contributed by atoms with E-state index in [0.717, 1.165) is 16.5 Å². The molecule has 0 aliphatic heterocycles. The minimum Gasteiger partial charge on any atom is -0.481 e. The molecule has 0 fully saturated rings. The Morgan fingerprint density at radius 1 is 1.30 bits per heavy atom. The van der Waals surface area contributed by atoms with E-state index in [9.17, 15) is 9.59 Å². The summed E-state index contributed by atoms with van der Waals surface area (Å²) in [6.07, 6.45) is 1.94. The van der Waals surface area contributed by atoms with Crippen LogP contribution in [0.15, 0.2) is 30.5 Å². The van der Waals surface area contributed by atoms with Crippen molar-refractivity contribution in [2.45, 2.75) is 32.2 Å². The van der Waals surface area contributed by atoms with Crippen molar-refractivity contribution in [1.29, 1.82) is 0 Å². The molecular weight excluding hydrogens is 256 g/mol. The highest BCUT2D eigenvalue weighted by Gasteiger charge is 2.24. The van der Waals surface area contributed by atoms with Crippen LogP contribution in [0.5, 0.6) is 0 Å². The number of aromatic nitrogens is 1. The van der Waals surface area contributed by atoms with E-state index in [4.69, 9.17) is 5.11 Å². The zero-order valence-electron chi connectivity index (χ0n) is 11.6. The van der Waals surface area contributed by atoms with Gasteiger partial charge in [0.15, 0.2) is 0 Å². The number of carboxylic acids is 1. The topological polar surface area (TPSA) is 82.2 Å². The molecule has 5 nitrogen and oxygen atoms in total. The molecule has 0 bridgehead atoms. The Morgan fingerprint density at radius 3 is 2.70 bits per heavy atom. The molecule has 1 aromatic carbocycles. The number of carbonyl (C=O) groups excluding carboxylic acids is 1. The number of fused-ring (bicyclic) bond motifs is 1. The van der Waals surface area contributed by atoms with Gasteiger partial charge in [-0.2, -0.15) is 0 Å². The zero-order chi connectivity index (χ0) is 14.8. The van der Waals surface area contributed by atoms with Crippen LogP contribution in [-0.2, 0) is 16.0 Å². The molecule has 3 N–H and O–H groups in total. The lowest BCUT2D eigenvalue weighted by molar-refractivity contribution is -0.138. The lowest BCUT2D eigenvalue weighted by Gasteiger charge is -2.24. The van der Waals surface area contributed by atoms with Crippen molar-refractivity contribution in [2.24, 2.45) is 0 Å². The van der Waals surface area contributed by atoms with Gasteiger partial charge in [-0.1, -0.05) is 18.2 Å². The summed E-state index contributed by atoms with van der Waals surface area (Å²) >= 11 is 0. The predicted octanol–water partition coefficient (Wildman–Crippen LogP) is 2.08. The first-order chi connectivity index (χ1) is 9.37. The number of amides is 1. The van der Waals surface area contributed by atoms with Crippen LogP contribution in [0.25, 0.3) is 10.9 Å². The van der Waals surface area contributed by atoms with Gasteiger partial charge in [0.05, 0.1) is 12.8 Å². The van der Waals surface area contributed by atoms with Gasteiger partial charge < -0.3 is 15.4 Å². The number of hydrogen-bond acceptors (Lipinski definition) is 2. The van der Waals surface area contributed by atoms with E-state index in [1.54, 1.807) is 13.8 Å². The standard InChI is InChI=1S/C15H18N2O3/c1-15(2,8-14(19)20)17-13(18)7-10-9-16-12-6-4-3-5-11(10)12/h3-6,9,16H,7-8H2,1-2H3,(H,17,18)(H,19,20). The molecule has 0 saturated carbocycles. The summed E-state index contributed by atoms with van der Waals surface area (Å²) in [5.41, 5.74) is 1.14. The van der Waals surface area contributed by atoms with Crippen LogP contribution < -0.4 is 5.32 Å². The summed E-state index contributed by atoms with van der Waals surface area (Å²) in [5, 5.41) is 12.6. The van der Waals surface area contributed by atoms with Gasteiger partial charge in [0.25, 0.3) is 0 Å². The van der Waals surface area contributed by atoms with E-state index < -0.39 is 11.5 Å². The first-order valence-corrected chi connectivity index (χ1v) is 6.45. The zero-order valence-corrected chi connectivity index (χ0v) is 11.6. The van der Waals surface area contributed by atoms with Crippen LogP contribution in [0.2, 0.25) is 0 Å². The van der Waals surface area contributed by atoms with Crippen LogP contribution >= 0.6 is 0 Å². The Bertz CT molecular complexity index is 643. The second-order valence-electron chi connectivity index (χ2n) is 5.54. The maximum atomic E-state index is 12.0. The maximum Gasteiger partial charge on any atom is 0.305 e. The number of aliphatic carboxylic acids is 1. The second kappa shape index (κ2) is 5.36. The summed E-state index contributed by atoms with van der Waals surface area (Å²) in [7, 11) is 0. The van der Waals surface area contributed by atoms with Gasteiger partial charge in [-0.05, 0) is 25.5 Å². The minimum atomic E-state index is -0.928. The highest BCUT2D eigenvalue weighted by atomic mass is 16.4. The van der Waals surface area contributed by atoms with Crippen molar-refractivity contribution in [3.8, 4) is 0 Å². The van der Waals surface area contributed by atoms with Crippen molar-refractivity contribution in [3.63, 3.8) is 0 Å². The summed E-state index contributed by atoms with van der Waals surface area (Å²) < 4.78 is 0. The second-order valence-corrected chi connectivity index (χ2v) is 5.54. The van der Waals surface area contributed by atoms with Crippen molar-refractivity contribution < 1.29 is 14.7 Å². The Balaban J connectivity index is 2.06. The number of carbonyl (C=O) groups is 2. The van der Waals surface area contributed by atoms with Gasteiger partial charge in [0.2, 0.25) is 5.91 Å². The fourth-order valence-electron chi connectivity index (χ4n) is 2.29. The monoisotopic (exact) mass is 274 g/mol. The third-order valence-electron chi connectivity index (χ3n) is 3.10. The van der Waals surface area contributed by atoms with E-state index in [1.165, 1.54) is 0 Å². The molecule has 0 unspecified atom stereocenters. The predicted molar refractivity (Wildman–Crippen MR) is 76.5 cm³/mol. The molecule has 0 aliphatic rings. The highest BCUT2D eigenvalue weighted by molar-refractivity contribution is 5.89. The fourth-order valence-corrected chi connectivity index (χ4v) is 2.29. The minimum absolute atomic E-state index is 0.105. The molecule has 0 saturated heterocycles. The molecule has 1 heterocycles. The largest absolute Gasteiger partial charge is 0.481 e. The van der Waals surface area contributed by atoms with Gasteiger partial charge in [0, 0.05) is 22.6 Å². The summed E-state index contributed by atoms with van der Waals surface area (Å²) in [4.78, 5) is 25.9. The van der Waals surface area contributed by atoms with Crippen molar-refractivity contribution in [2.75, 3.05) is 0 Å². The Kier molecular flexibility index (Phi) is 3.79. The average molecular weight is 274 g/mol. The molecule has 5 heteroatoms. The van der Waals surface area contributed by atoms with E-state index in [-0.39, 0.29) is 18.7 Å². The number of para-hydroxylation sites is 1. The Labute approximate surface area is 117 Å². The number of H-pyrrole nitrogens is 1. The number of hydrogen-bond donors (Lipinski definition) is 3. The van der Waals surface area contributed by atoms with Crippen LogP contribution in [0.3, 0.4) is 0 Å². The molecule has 20 heavy (non-hydrogen) atoms. The molecule has 0 atom stereocenters.